The Kier molecular flexibility index (Phi) is 3.97. The summed E-state index contributed by atoms with van der Waals surface area (Å²) in [4.78, 5) is 2.32. The van der Waals surface area contributed by atoms with Crippen LogP contribution in [0.25, 0.3) is 0 Å². The summed E-state index contributed by atoms with van der Waals surface area (Å²) in [5.41, 5.74) is 2.51. The van der Waals surface area contributed by atoms with Gasteiger partial charge in [-0.1, -0.05) is 0 Å². The molecule has 0 amide bonds. The molecule has 1 aliphatic rings. The van der Waals surface area contributed by atoms with Crippen LogP contribution in [-0.2, 0) is 6.42 Å². The number of nitrogens with zero attached hydrogens (tertiary/aromatic N) is 1. The molecule has 4 heteroatoms. The van der Waals surface area contributed by atoms with Crippen molar-refractivity contribution < 1.29 is 9.47 Å². The maximum absolute atomic E-state index is 5.48. The molecule has 0 saturated carbocycles. The Morgan fingerprint density at radius 1 is 1.33 bits per heavy atom. The molecule has 1 aromatic rings. The van der Waals surface area contributed by atoms with Gasteiger partial charge in [0.1, 0.15) is 11.5 Å². The molecule has 100 valence electrons. The molecule has 0 fully saturated rings. The van der Waals surface area contributed by atoms with E-state index in [0.29, 0.717) is 6.04 Å². The molecule has 0 aromatic heterocycles. The molecular weight excluding hydrogens is 228 g/mol. The van der Waals surface area contributed by atoms with E-state index in [-0.39, 0.29) is 0 Å². The normalized spacial score (nSPS) is 18.4. The highest BCUT2D eigenvalue weighted by molar-refractivity contribution is 5.64. The summed E-state index contributed by atoms with van der Waals surface area (Å²) < 4.78 is 10.8. The Bertz CT molecular complexity index is 421. The fraction of sp³-hybridized carbons (Fsp3) is 0.571. The SMILES string of the molecule is CNCC1CCc2c(OC)cc(OC)cc2N1C. The molecule has 18 heavy (non-hydrogen) atoms. The highest BCUT2D eigenvalue weighted by atomic mass is 16.5. The zero-order chi connectivity index (χ0) is 13.1. The number of ether oxygens (including phenoxy) is 2. The van der Waals surface area contributed by atoms with Gasteiger partial charge in [0.15, 0.2) is 0 Å². The van der Waals surface area contributed by atoms with Gasteiger partial charge in [-0.2, -0.15) is 0 Å². The number of methoxy groups -OCH3 is 2. The van der Waals surface area contributed by atoms with Gasteiger partial charge in [-0.05, 0) is 19.9 Å². The van der Waals surface area contributed by atoms with Gasteiger partial charge >= 0.3 is 0 Å². The number of benzene rings is 1. The van der Waals surface area contributed by atoms with Gasteiger partial charge in [0.05, 0.1) is 14.2 Å². The molecule has 2 rings (SSSR count). The first-order valence-electron chi connectivity index (χ1n) is 6.33. The topological polar surface area (TPSA) is 33.7 Å². The number of hydrogen-bond donors (Lipinski definition) is 1. The molecule has 0 aliphatic carbocycles. The van der Waals surface area contributed by atoms with Crippen molar-refractivity contribution in [3.63, 3.8) is 0 Å². The Morgan fingerprint density at radius 3 is 2.72 bits per heavy atom. The first-order chi connectivity index (χ1) is 8.71. The molecule has 1 atom stereocenters. The first kappa shape index (κ1) is 13.0. The highest BCUT2D eigenvalue weighted by Gasteiger charge is 2.26. The molecular formula is C14H22N2O2. The maximum Gasteiger partial charge on any atom is 0.127 e. The number of anilines is 1. The predicted molar refractivity (Wildman–Crippen MR) is 74.0 cm³/mol. The lowest BCUT2D eigenvalue weighted by atomic mass is 9.95. The van der Waals surface area contributed by atoms with Crippen molar-refractivity contribution in [3.05, 3.63) is 17.7 Å². The largest absolute Gasteiger partial charge is 0.497 e. The Hall–Kier alpha value is -1.42. The molecule has 1 aromatic carbocycles. The fourth-order valence-electron chi connectivity index (χ4n) is 2.65. The molecule has 1 heterocycles. The monoisotopic (exact) mass is 250 g/mol. The second-order valence-corrected chi connectivity index (χ2v) is 4.69. The molecule has 4 nitrogen and oxygen atoms in total. The van der Waals surface area contributed by atoms with E-state index in [2.05, 4.69) is 23.3 Å². The number of hydrogen-bond acceptors (Lipinski definition) is 4. The third-order valence-electron chi connectivity index (χ3n) is 3.71. The molecule has 1 unspecified atom stereocenters. The predicted octanol–water partition coefficient (Wildman–Crippen LogP) is 1.67. The average molecular weight is 250 g/mol. The summed E-state index contributed by atoms with van der Waals surface area (Å²) in [6, 6.07) is 4.59. The van der Waals surface area contributed by atoms with Gasteiger partial charge < -0.3 is 19.7 Å². The Labute approximate surface area is 109 Å². The Balaban J connectivity index is 2.39. The second kappa shape index (κ2) is 5.48. The van der Waals surface area contributed by atoms with E-state index in [1.165, 1.54) is 11.3 Å². The lowest BCUT2D eigenvalue weighted by molar-refractivity contribution is 0.387. The molecule has 0 radical (unpaired) electrons. The summed E-state index contributed by atoms with van der Waals surface area (Å²) in [6.45, 7) is 0.996. The van der Waals surface area contributed by atoms with E-state index in [0.717, 1.165) is 30.9 Å². The highest BCUT2D eigenvalue weighted by Crippen LogP contribution is 2.39. The van der Waals surface area contributed by atoms with Crippen molar-refractivity contribution in [2.24, 2.45) is 0 Å². The lowest BCUT2D eigenvalue weighted by Crippen LogP contribution is -2.42. The van der Waals surface area contributed by atoms with E-state index < -0.39 is 0 Å². The van der Waals surface area contributed by atoms with Gasteiger partial charge in [0.2, 0.25) is 0 Å². The number of rotatable bonds is 4. The molecule has 1 N–H and O–H groups in total. The maximum atomic E-state index is 5.48. The van der Waals surface area contributed by atoms with Crippen LogP contribution in [0.1, 0.15) is 12.0 Å². The van der Waals surface area contributed by atoms with Crippen molar-refractivity contribution in [3.8, 4) is 11.5 Å². The summed E-state index contributed by atoms with van der Waals surface area (Å²) in [7, 11) is 7.54. The van der Waals surface area contributed by atoms with Gasteiger partial charge in [-0.25, -0.2) is 0 Å². The molecule has 0 saturated heterocycles. The minimum atomic E-state index is 0.527. The van der Waals surface area contributed by atoms with Crippen LogP contribution in [-0.4, -0.2) is 40.9 Å². The van der Waals surface area contributed by atoms with Gasteiger partial charge in [0, 0.05) is 43.0 Å². The van der Waals surface area contributed by atoms with E-state index in [9.17, 15) is 0 Å². The van der Waals surface area contributed by atoms with E-state index >= 15 is 0 Å². The van der Waals surface area contributed by atoms with Crippen molar-refractivity contribution in [2.45, 2.75) is 18.9 Å². The second-order valence-electron chi connectivity index (χ2n) is 4.69. The standard InChI is InChI=1S/C14H22N2O2/c1-15-9-10-5-6-12-13(16(10)2)7-11(17-3)8-14(12)18-4/h7-8,10,15H,5-6,9H2,1-4H3. The first-order valence-corrected chi connectivity index (χ1v) is 6.33. The number of fused-ring (bicyclic) bond motifs is 1. The van der Waals surface area contributed by atoms with Crippen LogP contribution in [0.3, 0.4) is 0 Å². The molecule has 0 bridgehead atoms. The fourth-order valence-corrected chi connectivity index (χ4v) is 2.65. The van der Waals surface area contributed by atoms with Gasteiger partial charge in [-0.3, -0.25) is 0 Å². The van der Waals surface area contributed by atoms with Crippen LogP contribution in [0.2, 0.25) is 0 Å². The average Bonchev–Trinajstić information content (AvgIpc) is 2.41. The summed E-state index contributed by atoms with van der Waals surface area (Å²) in [6.07, 6.45) is 2.20. The minimum absolute atomic E-state index is 0.527. The zero-order valence-corrected chi connectivity index (χ0v) is 11.6. The van der Waals surface area contributed by atoms with Gasteiger partial charge in [-0.15, -0.1) is 0 Å². The summed E-state index contributed by atoms with van der Waals surface area (Å²) in [5.74, 6) is 1.78. The molecule has 0 spiro atoms. The number of nitrogens with one attached hydrogen (secondary N) is 1. The summed E-state index contributed by atoms with van der Waals surface area (Å²) in [5, 5.41) is 3.25. The summed E-state index contributed by atoms with van der Waals surface area (Å²) >= 11 is 0. The van der Waals surface area contributed by atoms with Crippen molar-refractivity contribution >= 4 is 5.69 Å². The van der Waals surface area contributed by atoms with E-state index in [1.807, 2.05) is 13.1 Å². The van der Waals surface area contributed by atoms with Crippen molar-refractivity contribution in [2.75, 3.05) is 39.8 Å². The lowest BCUT2D eigenvalue weighted by Gasteiger charge is -2.36. The van der Waals surface area contributed by atoms with Gasteiger partial charge in [0.25, 0.3) is 0 Å². The van der Waals surface area contributed by atoms with E-state index in [1.54, 1.807) is 14.2 Å². The van der Waals surface area contributed by atoms with Crippen LogP contribution in [0.4, 0.5) is 5.69 Å². The Morgan fingerprint density at radius 2 is 2.11 bits per heavy atom. The third kappa shape index (κ3) is 2.25. The van der Waals surface area contributed by atoms with Crippen LogP contribution < -0.4 is 19.7 Å². The third-order valence-corrected chi connectivity index (χ3v) is 3.71. The van der Waals surface area contributed by atoms with Crippen molar-refractivity contribution in [1.29, 1.82) is 0 Å². The quantitative estimate of drug-likeness (QED) is 0.881. The van der Waals surface area contributed by atoms with Crippen LogP contribution in [0.15, 0.2) is 12.1 Å². The van der Waals surface area contributed by atoms with Crippen LogP contribution in [0.5, 0.6) is 11.5 Å². The molecule has 1 aliphatic heterocycles. The van der Waals surface area contributed by atoms with Crippen LogP contribution >= 0.6 is 0 Å². The zero-order valence-electron chi connectivity index (χ0n) is 11.6. The van der Waals surface area contributed by atoms with Crippen LogP contribution in [0, 0.1) is 0 Å². The van der Waals surface area contributed by atoms with Crippen molar-refractivity contribution in [1.82, 2.24) is 5.32 Å². The number of likely N-dealkylation sites (N-methyl/N-ethyl adjacent to an activating group) is 2. The minimum Gasteiger partial charge on any atom is -0.497 e. The van der Waals surface area contributed by atoms with E-state index in [4.69, 9.17) is 9.47 Å². The smallest absolute Gasteiger partial charge is 0.127 e.